The molecule has 0 aliphatic carbocycles. The summed E-state index contributed by atoms with van der Waals surface area (Å²) in [5, 5.41) is 19.2. The maximum Gasteiger partial charge on any atom is 0.328 e. The number of methoxy groups -OCH3 is 2. The van der Waals surface area contributed by atoms with Crippen molar-refractivity contribution in [1.82, 2.24) is 9.88 Å². The molecule has 1 aromatic carbocycles. The largest absolute Gasteiger partial charge is 0.493 e. The number of carboxylic acid groups (broad SMARTS) is 2. The second-order valence-corrected chi connectivity index (χ2v) is 6.37. The molecule has 156 valence electrons. The highest BCUT2D eigenvalue weighted by molar-refractivity contribution is 5.89. The molecule has 2 aromatic rings. The molecular formula is C21H26N2O6. The van der Waals surface area contributed by atoms with Gasteiger partial charge in [0, 0.05) is 43.2 Å². The van der Waals surface area contributed by atoms with E-state index in [9.17, 15) is 9.59 Å². The number of aryl methyl sites for hydroxylation is 1. The maximum atomic E-state index is 9.55. The Morgan fingerprint density at radius 2 is 1.83 bits per heavy atom. The smallest absolute Gasteiger partial charge is 0.328 e. The van der Waals surface area contributed by atoms with Crippen molar-refractivity contribution >= 4 is 11.9 Å². The summed E-state index contributed by atoms with van der Waals surface area (Å²) in [4.78, 5) is 19.1. The lowest BCUT2D eigenvalue weighted by Crippen LogP contribution is -2.33. The summed E-state index contributed by atoms with van der Waals surface area (Å²) in [5.41, 5.74) is 2.67. The van der Waals surface area contributed by atoms with Crippen molar-refractivity contribution < 1.29 is 29.3 Å². The monoisotopic (exact) mass is 402 g/mol. The first-order chi connectivity index (χ1) is 13.9. The lowest BCUT2D eigenvalue weighted by molar-refractivity contribution is -0.134. The number of nitrogens with zero attached hydrogens (tertiary/aromatic N) is 1. The van der Waals surface area contributed by atoms with E-state index in [2.05, 4.69) is 40.3 Å². The zero-order chi connectivity index (χ0) is 21.2. The number of benzene rings is 1. The van der Waals surface area contributed by atoms with Crippen molar-refractivity contribution in [2.24, 2.45) is 0 Å². The predicted octanol–water partition coefficient (Wildman–Crippen LogP) is 2.49. The van der Waals surface area contributed by atoms with Gasteiger partial charge in [-0.25, -0.2) is 9.59 Å². The third-order valence-electron chi connectivity index (χ3n) is 4.50. The lowest BCUT2D eigenvalue weighted by atomic mass is 10.0. The fourth-order valence-corrected chi connectivity index (χ4v) is 3.15. The van der Waals surface area contributed by atoms with Crippen molar-refractivity contribution in [2.75, 3.05) is 20.8 Å². The zero-order valence-corrected chi connectivity index (χ0v) is 16.5. The molecule has 0 saturated heterocycles. The lowest BCUT2D eigenvalue weighted by Gasteiger charge is -2.26. The van der Waals surface area contributed by atoms with Gasteiger partial charge >= 0.3 is 11.9 Å². The van der Waals surface area contributed by atoms with E-state index < -0.39 is 11.9 Å². The molecule has 0 fully saturated rings. The van der Waals surface area contributed by atoms with E-state index >= 15 is 0 Å². The first-order valence-corrected chi connectivity index (χ1v) is 9.18. The van der Waals surface area contributed by atoms with Crippen LogP contribution in [0.2, 0.25) is 0 Å². The van der Waals surface area contributed by atoms with Crippen LogP contribution in [0.4, 0.5) is 0 Å². The molecule has 29 heavy (non-hydrogen) atoms. The van der Waals surface area contributed by atoms with Gasteiger partial charge in [-0.3, -0.25) is 0 Å². The highest BCUT2D eigenvalue weighted by Gasteiger charge is 2.18. The van der Waals surface area contributed by atoms with E-state index in [1.165, 1.54) is 11.3 Å². The van der Waals surface area contributed by atoms with Crippen molar-refractivity contribution in [3.8, 4) is 11.5 Å². The van der Waals surface area contributed by atoms with Crippen molar-refractivity contribution in [1.29, 1.82) is 0 Å². The number of carboxylic acids is 2. The van der Waals surface area contributed by atoms with Crippen LogP contribution in [0.1, 0.15) is 23.7 Å². The summed E-state index contributed by atoms with van der Waals surface area (Å²) in [6.45, 7) is 2.10. The second-order valence-electron chi connectivity index (χ2n) is 6.37. The number of carbonyl (C=O) groups is 2. The van der Waals surface area contributed by atoms with Crippen LogP contribution >= 0.6 is 0 Å². The molecule has 0 spiro atoms. The van der Waals surface area contributed by atoms with E-state index in [1.54, 1.807) is 14.2 Å². The molecule has 1 atom stereocenters. The molecule has 0 radical (unpaired) electrons. The van der Waals surface area contributed by atoms with E-state index in [0.717, 1.165) is 37.4 Å². The van der Waals surface area contributed by atoms with Gasteiger partial charge < -0.3 is 29.6 Å². The maximum absolute atomic E-state index is 9.55. The Hall–Kier alpha value is -3.26. The van der Waals surface area contributed by atoms with E-state index in [4.69, 9.17) is 19.7 Å². The summed E-state index contributed by atoms with van der Waals surface area (Å²) in [6.07, 6.45) is 5.38. The number of hydrogen-bond donors (Lipinski definition) is 3. The summed E-state index contributed by atoms with van der Waals surface area (Å²) in [6, 6.07) is 10.9. The quantitative estimate of drug-likeness (QED) is 0.610. The van der Waals surface area contributed by atoms with Gasteiger partial charge in [0.05, 0.1) is 14.2 Å². The minimum atomic E-state index is -1.26. The first-order valence-electron chi connectivity index (χ1n) is 9.18. The second kappa shape index (κ2) is 10.9. The number of fused-ring (bicyclic) bond motifs is 1. The molecule has 1 aliphatic rings. The molecule has 0 amide bonds. The van der Waals surface area contributed by atoms with E-state index in [1.807, 2.05) is 6.07 Å². The third kappa shape index (κ3) is 6.69. The highest BCUT2D eigenvalue weighted by atomic mass is 16.5. The van der Waals surface area contributed by atoms with Gasteiger partial charge in [-0.1, -0.05) is 6.07 Å². The number of nitrogens with one attached hydrogen (secondary N) is 1. The normalized spacial score (nSPS) is 15.2. The third-order valence-corrected chi connectivity index (χ3v) is 4.50. The Morgan fingerprint density at radius 1 is 1.14 bits per heavy atom. The Bertz CT molecular complexity index is 843. The highest BCUT2D eigenvalue weighted by Crippen LogP contribution is 2.29. The standard InChI is InChI=1S/C17H22N2O2.C4H4O4/c1-20-16-8-6-13(12-17(16)21-2)5-7-14-15-4-3-10-19(15)11-9-18-14;5-3(6)1-2-4(7)8/h3-4,6,8,10,12,14,18H,5,7,9,11H2,1-2H3;1-2H,(H,5,6)(H,7,8)/b;2-1-. The number of hydrogen-bond acceptors (Lipinski definition) is 5. The minimum absolute atomic E-state index is 0.432. The summed E-state index contributed by atoms with van der Waals surface area (Å²) in [7, 11) is 3.34. The van der Waals surface area contributed by atoms with Gasteiger partial charge in [-0.2, -0.15) is 0 Å². The Morgan fingerprint density at radius 3 is 2.45 bits per heavy atom. The van der Waals surface area contributed by atoms with Crippen LogP contribution < -0.4 is 14.8 Å². The SMILES string of the molecule is COc1ccc(CCC2NCCn3cccc32)cc1OC.O=C(O)/C=C\C(=O)O. The molecular weight excluding hydrogens is 376 g/mol. The Kier molecular flexibility index (Phi) is 8.29. The van der Waals surface area contributed by atoms with Gasteiger partial charge in [0.15, 0.2) is 11.5 Å². The average molecular weight is 402 g/mol. The fourth-order valence-electron chi connectivity index (χ4n) is 3.15. The molecule has 1 aromatic heterocycles. The molecule has 8 nitrogen and oxygen atoms in total. The van der Waals surface area contributed by atoms with E-state index in [0.29, 0.717) is 18.2 Å². The predicted molar refractivity (Wildman–Crippen MR) is 107 cm³/mol. The molecule has 3 rings (SSSR count). The zero-order valence-electron chi connectivity index (χ0n) is 16.5. The van der Waals surface area contributed by atoms with Gasteiger partial charge in [-0.05, 0) is 42.7 Å². The summed E-state index contributed by atoms with van der Waals surface area (Å²) in [5.74, 6) is -0.930. The van der Waals surface area contributed by atoms with Crippen LogP contribution in [0.5, 0.6) is 11.5 Å². The van der Waals surface area contributed by atoms with Gasteiger partial charge in [0.2, 0.25) is 0 Å². The number of ether oxygens (including phenoxy) is 2. The molecule has 1 aliphatic heterocycles. The molecule has 0 saturated carbocycles. The molecule has 8 heteroatoms. The fraction of sp³-hybridized carbons (Fsp3) is 0.333. The number of aromatic nitrogens is 1. The number of aliphatic carboxylic acids is 2. The van der Waals surface area contributed by atoms with Crippen molar-refractivity contribution in [3.63, 3.8) is 0 Å². The van der Waals surface area contributed by atoms with Crippen LogP contribution in [0.15, 0.2) is 48.7 Å². The van der Waals surface area contributed by atoms with Crippen LogP contribution in [-0.2, 0) is 22.6 Å². The van der Waals surface area contributed by atoms with Crippen LogP contribution in [0.3, 0.4) is 0 Å². The van der Waals surface area contributed by atoms with Gasteiger partial charge in [-0.15, -0.1) is 0 Å². The summed E-state index contributed by atoms with van der Waals surface area (Å²) >= 11 is 0. The molecule has 1 unspecified atom stereocenters. The minimum Gasteiger partial charge on any atom is -0.493 e. The Balaban J connectivity index is 0.000000321. The number of rotatable bonds is 7. The molecule has 3 N–H and O–H groups in total. The van der Waals surface area contributed by atoms with Gasteiger partial charge in [0.25, 0.3) is 0 Å². The first kappa shape index (κ1) is 22.0. The van der Waals surface area contributed by atoms with E-state index in [-0.39, 0.29) is 0 Å². The van der Waals surface area contributed by atoms with Crippen molar-refractivity contribution in [2.45, 2.75) is 25.4 Å². The molecule has 0 bridgehead atoms. The Labute approximate surface area is 169 Å². The summed E-state index contributed by atoms with van der Waals surface area (Å²) < 4.78 is 13.0. The van der Waals surface area contributed by atoms with Crippen molar-refractivity contribution in [3.05, 3.63) is 59.9 Å². The van der Waals surface area contributed by atoms with Gasteiger partial charge in [0.1, 0.15) is 0 Å². The average Bonchev–Trinajstić information content (AvgIpc) is 3.20. The topological polar surface area (TPSA) is 110 Å². The van der Waals surface area contributed by atoms with Crippen LogP contribution in [0.25, 0.3) is 0 Å². The van der Waals surface area contributed by atoms with Crippen LogP contribution in [0, 0.1) is 0 Å². The van der Waals surface area contributed by atoms with Crippen LogP contribution in [-0.4, -0.2) is 47.5 Å². The molecule has 2 heterocycles.